The fourth-order valence-electron chi connectivity index (χ4n) is 3.88. The largest absolute Gasteiger partial charge is 0.497 e. The third kappa shape index (κ3) is 6.61. The molecule has 0 bridgehead atoms. The highest BCUT2D eigenvalue weighted by molar-refractivity contribution is 7.80. The molecule has 30 heavy (non-hydrogen) atoms. The Morgan fingerprint density at radius 3 is 2.10 bits per heavy atom. The molecule has 1 aliphatic rings. The lowest BCUT2D eigenvalue weighted by atomic mass is 10.0. The molecule has 1 fully saturated rings. The number of methoxy groups -OCH3 is 2. The van der Waals surface area contributed by atoms with Crippen molar-refractivity contribution >= 4 is 17.3 Å². The highest BCUT2D eigenvalue weighted by atomic mass is 32.1. The zero-order valence-electron chi connectivity index (χ0n) is 18.0. The molecule has 2 aromatic carbocycles. The van der Waals surface area contributed by atoms with Gasteiger partial charge in [0.05, 0.1) is 20.3 Å². The van der Waals surface area contributed by atoms with Crippen LogP contribution in [0.1, 0.15) is 36.4 Å². The van der Waals surface area contributed by atoms with Gasteiger partial charge in [-0.1, -0.05) is 30.7 Å². The third-order valence-corrected chi connectivity index (χ3v) is 5.93. The molecule has 0 radical (unpaired) electrons. The summed E-state index contributed by atoms with van der Waals surface area (Å²) in [6.07, 6.45) is 4.76. The maximum Gasteiger partial charge on any atom is 0.166 e. The Balaban J connectivity index is 1.51. The van der Waals surface area contributed by atoms with Gasteiger partial charge >= 0.3 is 0 Å². The van der Waals surface area contributed by atoms with Crippen LogP contribution in [0.25, 0.3) is 0 Å². The third-order valence-electron chi connectivity index (χ3n) is 5.65. The summed E-state index contributed by atoms with van der Waals surface area (Å²) in [5.74, 6) is 1.77. The van der Waals surface area contributed by atoms with Crippen molar-refractivity contribution in [3.05, 3.63) is 59.7 Å². The summed E-state index contributed by atoms with van der Waals surface area (Å²) >= 11 is 5.54. The van der Waals surface area contributed by atoms with E-state index in [9.17, 15) is 0 Å². The van der Waals surface area contributed by atoms with Crippen molar-refractivity contribution in [2.24, 2.45) is 0 Å². The van der Waals surface area contributed by atoms with Crippen LogP contribution in [0.5, 0.6) is 11.5 Å². The van der Waals surface area contributed by atoms with Crippen LogP contribution in [0.3, 0.4) is 0 Å². The van der Waals surface area contributed by atoms with Crippen molar-refractivity contribution in [1.82, 2.24) is 15.5 Å². The van der Waals surface area contributed by atoms with Crippen molar-refractivity contribution in [2.45, 2.75) is 31.7 Å². The number of thiocarbonyl (C=S) groups is 1. The van der Waals surface area contributed by atoms with E-state index < -0.39 is 0 Å². The Morgan fingerprint density at radius 2 is 1.50 bits per heavy atom. The van der Waals surface area contributed by atoms with Crippen LogP contribution in [0.15, 0.2) is 48.5 Å². The average molecular weight is 428 g/mol. The van der Waals surface area contributed by atoms with E-state index in [0.29, 0.717) is 11.2 Å². The first-order valence-corrected chi connectivity index (χ1v) is 11.1. The number of benzene rings is 2. The Bertz CT molecular complexity index is 774. The SMILES string of the molecule is COc1ccc(CCNC(=S)NC[C@@H](c2ccc(OC)cc2)N2CCCCC2)cc1. The molecule has 1 atom stereocenters. The normalized spacial score (nSPS) is 15.3. The first-order chi connectivity index (χ1) is 14.7. The summed E-state index contributed by atoms with van der Waals surface area (Å²) in [7, 11) is 3.39. The van der Waals surface area contributed by atoms with Crippen molar-refractivity contribution < 1.29 is 9.47 Å². The Morgan fingerprint density at radius 1 is 0.900 bits per heavy atom. The molecule has 6 heteroatoms. The Hall–Kier alpha value is -2.31. The van der Waals surface area contributed by atoms with Gasteiger partial charge in [0.1, 0.15) is 11.5 Å². The van der Waals surface area contributed by atoms with Gasteiger partial charge in [0.25, 0.3) is 0 Å². The second-order valence-corrected chi connectivity index (χ2v) is 8.03. The van der Waals surface area contributed by atoms with Gasteiger partial charge in [-0.25, -0.2) is 0 Å². The Kier molecular flexibility index (Phi) is 8.78. The number of piperidine rings is 1. The van der Waals surface area contributed by atoms with Gasteiger partial charge in [-0.05, 0) is 80.0 Å². The summed E-state index contributed by atoms with van der Waals surface area (Å²) in [5.41, 5.74) is 2.56. The lowest BCUT2D eigenvalue weighted by Gasteiger charge is -2.35. The van der Waals surface area contributed by atoms with Crippen LogP contribution in [0, 0.1) is 0 Å². The fraction of sp³-hybridized carbons (Fsp3) is 0.458. The fourth-order valence-corrected chi connectivity index (χ4v) is 4.06. The molecule has 2 aromatic rings. The van der Waals surface area contributed by atoms with E-state index in [1.54, 1.807) is 14.2 Å². The average Bonchev–Trinajstić information content (AvgIpc) is 2.81. The standard InChI is InChI=1S/C24H33N3O2S/c1-28-21-10-6-19(7-11-21)14-15-25-24(30)26-18-23(27-16-4-3-5-17-27)20-8-12-22(29-2)13-9-20/h6-13,23H,3-5,14-18H2,1-2H3,(H2,25,26,30)/t23-/m0/s1. The molecule has 0 saturated carbocycles. The summed E-state index contributed by atoms with van der Waals surface area (Å²) in [6, 6.07) is 16.9. The van der Waals surface area contributed by atoms with Crippen LogP contribution in [-0.4, -0.2) is 50.4 Å². The number of hydrogen-bond donors (Lipinski definition) is 2. The molecule has 0 unspecified atom stereocenters. The van der Waals surface area contributed by atoms with Crippen molar-refractivity contribution in [2.75, 3.05) is 40.4 Å². The van der Waals surface area contributed by atoms with Crippen LogP contribution >= 0.6 is 12.2 Å². The topological polar surface area (TPSA) is 45.8 Å². The van der Waals surface area contributed by atoms with Gasteiger partial charge in [0, 0.05) is 13.1 Å². The van der Waals surface area contributed by atoms with Gasteiger partial charge in [0.15, 0.2) is 5.11 Å². The molecule has 162 valence electrons. The van der Waals surface area contributed by atoms with Crippen molar-refractivity contribution in [3.63, 3.8) is 0 Å². The first kappa shape index (κ1) is 22.4. The van der Waals surface area contributed by atoms with Gasteiger partial charge in [-0.15, -0.1) is 0 Å². The molecule has 1 saturated heterocycles. The second-order valence-electron chi connectivity index (χ2n) is 7.62. The van der Waals surface area contributed by atoms with E-state index in [1.807, 2.05) is 24.3 Å². The van der Waals surface area contributed by atoms with Gasteiger partial charge < -0.3 is 20.1 Å². The number of nitrogens with one attached hydrogen (secondary N) is 2. The number of nitrogens with zero attached hydrogens (tertiary/aromatic N) is 1. The molecule has 0 aromatic heterocycles. The highest BCUT2D eigenvalue weighted by Crippen LogP contribution is 2.25. The zero-order chi connectivity index (χ0) is 21.2. The minimum absolute atomic E-state index is 0.303. The molecule has 1 aliphatic heterocycles. The molecular weight excluding hydrogens is 394 g/mol. The van der Waals surface area contributed by atoms with Gasteiger partial charge in [0.2, 0.25) is 0 Å². The monoisotopic (exact) mass is 427 g/mol. The number of hydrogen-bond acceptors (Lipinski definition) is 4. The minimum Gasteiger partial charge on any atom is -0.497 e. The molecule has 0 spiro atoms. The molecular formula is C24H33N3O2S. The number of ether oxygens (including phenoxy) is 2. The summed E-state index contributed by atoms with van der Waals surface area (Å²) in [6.45, 7) is 3.86. The molecule has 5 nitrogen and oxygen atoms in total. The van der Waals surface area contributed by atoms with Crippen LogP contribution in [0.2, 0.25) is 0 Å². The second kappa shape index (κ2) is 11.8. The number of likely N-dealkylation sites (tertiary alicyclic amines) is 1. The maximum absolute atomic E-state index is 5.54. The van der Waals surface area contributed by atoms with E-state index in [2.05, 4.69) is 39.8 Å². The van der Waals surface area contributed by atoms with E-state index in [1.165, 1.54) is 30.4 Å². The molecule has 2 N–H and O–H groups in total. The van der Waals surface area contributed by atoms with E-state index in [-0.39, 0.29) is 0 Å². The molecule has 3 rings (SSSR count). The summed E-state index contributed by atoms with van der Waals surface area (Å²) in [4.78, 5) is 2.57. The van der Waals surface area contributed by atoms with Crippen molar-refractivity contribution in [3.8, 4) is 11.5 Å². The Labute approximate surface area is 185 Å². The van der Waals surface area contributed by atoms with Crippen LogP contribution < -0.4 is 20.1 Å². The maximum atomic E-state index is 5.54. The highest BCUT2D eigenvalue weighted by Gasteiger charge is 2.22. The van der Waals surface area contributed by atoms with Gasteiger partial charge in [-0.2, -0.15) is 0 Å². The first-order valence-electron chi connectivity index (χ1n) is 10.7. The number of rotatable bonds is 9. The van der Waals surface area contributed by atoms with Crippen molar-refractivity contribution in [1.29, 1.82) is 0 Å². The lowest BCUT2D eigenvalue weighted by molar-refractivity contribution is 0.164. The zero-order valence-corrected chi connectivity index (χ0v) is 18.8. The lowest BCUT2D eigenvalue weighted by Crippen LogP contribution is -2.43. The summed E-state index contributed by atoms with van der Waals surface area (Å²) in [5, 5.41) is 7.48. The molecule has 0 amide bonds. The minimum atomic E-state index is 0.303. The molecule has 1 heterocycles. The quantitative estimate of drug-likeness (QED) is 0.591. The van der Waals surface area contributed by atoms with Gasteiger partial charge in [-0.3, -0.25) is 4.90 Å². The predicted molar refractivity (Wildman–Crippen MR) is 126 cm³/mol. The van der Waals surface area contributed by atoms with E-state index in [4.69, 9.17) is 21.7 Å². The van der Waals surface area contributed by atoms with E-state index >= 15 is 0 Å². The molecule has 0 aliphatic carbocycles. The van der Waals surface area contributed by atoms with Crippen LogP contribution in [0.4, 0.5) is 0 Å². The summed E-state index contributed by atoms with van der Waals surface area (Å²) < 4.78 is 10.5. The predicted octanol–water partition coefficient (Wildman–Crippen LogP) is 3.94. The van der Waals surface area contributed by atoms with Crippen LogP contribution in [-0.2, 0) is 6.42 Å². The van der Waals surface area contributed by atoms with E-state index in [0.717, 1.165) is 44.1 Å². The smallest absolute Gasteiger partial charge is 0.166 e.